The number of guanidine groups is 1. The Bertz CT molecular complexity index is 483. The molecule has 0 aliphatic carbocycles. The molecule has 0 spiro atoms. The average molecular weight is 325 g/mol. The quantitative estimate of drug-likeness (QED) is 0.598. The molecule has 1 rings (SSSR count). The van der Waals surface area contributed by atoms with E-state index in [-0.39, 0.29) is 5.54 Å². The van der Waals surface area contributed by atoms with Gasteiger partial charge in [0, 0.05) is 23.7 Å². The van der Waals surface area contributed by atoms with Gasteiger partial charge >= 0.3 is 0 Å². The molecule has 0 saturated heterocycles. The number of hydrogen-bond acceptors (Lipinski definition) is 2. The van der Waals surface area contributed by atoms with Gasteiger partial charge in [0.2, 0.25) is 0 Å². The zero-order chi connectivity index (χ0) is 16.6. The number of hydrogen-bond donors (Lipinski definition) is 2. The van der Waals surface area contributed by atoms with Crippen LogP contribution in [0.1, 0.15) is 26.3 Å². The molecule has 0 radical (unpaired) electrons. The van der Waals surface area contributed by atoms with E-state index in [1.807, 2.05) is 18.2 Å². The van der Waals surface area contributed by atoms with E-state index in [1.165, 1.54) is 0 Å². The summed E-state index contributed by atoms with van der Waals surface area (Å²) >= 11 is 6.18. The van der Waals surface area contributed by atoms with E-state index in [4.69, 9.17) is 11.6 Å². The Morgan fingerprint density at radius 3 is 2.50 bits per heavy atom. The first kappa shape index (κ1) is 18.8. The van der Waals surface area contributed by atoms with Crippen LogP contribution >= 0.6 is 11.6 Å². The van der Waals surface area contributed by atoms with Gasteiger partial charge in [0.1, 0.15) is 0 Å². The number of nitrogens with zero attached hydrogens (tertiary/aromatic N) is 2. The van der Waals surface area contributed by atoms with Crippen molar-refractivity contribution in [3.8, 4) is 0 Å². The molecule has 0 aliphatic heterocycles. The summed E-state index contributed by atoms with van der Waals surface area (Å²) in [5, 5.41) is 7.47. The average Bonchev–Trinajstić information content (AvgIpc) is 2.46. The molecule has 1 aromatic carbocycles. The molecule has 0 fully saturated rings. The molecule has 22 heavy (non-hydrogen) atoms. The van der Waals surface area contributed by atoms with E-state index in [0.29, 0.717) is 0 Å². The van der Waals surface area contributed by atoms with Crippen molar-refractivity contribution < 1.29 is 0 Å². The molecule has 1 aromatic rings. The summed E-state index contributed by atoms with van der Waals surface area (Å²) in [6.07, 6.45) is 0.876. The van der Waals surface area contributed by atoms with Gasteiger partial charge in [0.25, 0.3) is 0 Å². The molecule has 5 heteroatoms. The van der Waals surface area contributed by atoms with Crippen molar-refractivity contribution in [2.45, 2.75) is 32.7 Å². The predicted octanol–water partition coefficient (Wildman–Crippen LogP) is 2.78. The molecule has 124 valence electrons. The van der Waals surface area contributed by atoms with Gasteiger partial charge in [-0.05, 0) is 52.9 Å². The van der Waals surface area contributed by atoms with Crippen LogP contribution in [-0.2, 0) is 6.42 Å². The second-order valence-electron chi connectivity index (χ2n) is 6.17. The lowest BCUT2D eigenvalue weighted by Crippen LogP contribution is -2.44. The molecule has 0 amide bonds. The number of likely N-dealkylation sites (N-methyl/N-ethyl adjacent to an activating group) is 1. The smallest absolute Gasteiger partial charge is 0.191 e. The Balaban J connectivity index is 2.56. The molecule has 4 nitrogen and oxygen atoms in total. The standard InChI is InChI=1S/C17H29ClN4/c1-6-19-16(21-13-17(2,3)22(4)5)20-12-11-14-9-7-8-10-15(14)18/h7-10H,6,11-13H2,1-5H3,(H2,19,20,21). The minimum Gasteiger partial charge on any atom is -0.357 e. The normalized spacial score (nSPS) is 12.6. The fraction of sp³-hybridized carbons (Fsp3) is 0.588. The van der Waals surface area contributed by atoms with Crippen LogP contribution in [0.2, 0.25) is 5.02 Å². The van der Waals surface area contributed by atoms with Crippen molar-refractivity contribution in [3.63, 3.8) is 0 Å². The van der Waals surface area contributed by atoms with Gasteiger partial charge in [0.15, 0.2) is 5.96 Å². The van der Waals surface area contributed by atoms with Crippen molar-refractivity contribution in [2.24, 2.45) is 4.99 Å². The molecule has 2 N–H and O–H groups in total. The van der Waals surface area contributed by atoms with E-state index in [9.17, 15) is 0 Å². The lowest BCUT2D eigenvalue weighted by molar-refractivity contribution is 0.204. The van der Waals surface area contributed by atoms with Crippen molar-refractivity contribution in [2.75, 3.05) is 33.7 Å². The maximum absolute atomic E-state index is 6.18. The number of nitrogens with one attached hydrogen (secondary N) is 2. The minimum atomic E-state index is 0.0328. The van der Waals surface area contributed by atoms with Crippen LogP contribution in [0.25, 0.3) is 0 Å². The zero-order valence-electron chi connectivity index (χ0n) is 14.4. The highest BCUT2D eigenvalue weighted by Gasteiger charge is 2.19. The van der Waals surface area contributed by atoms with Crippen LogP contribution in [0.3, 0.4) is 0 Å². The summed E-state index contributed by atoms with van der Waals surface area (Å²) < 4.78 is 0. The van der Waals surface area contributed by atoms with Gasteiger partial charge in [0.05, 0.1) is 6.54 Å². The molecule has 0 aromatic heterocycles. The summed E-state index contributed by atoms with van der Waals surface area (Å²) in [5.41, 5.74) is 1.19. The van der Waals surface area contributed by atoms with E-state index in [0.717, 1.165) is 42.6 Å². The van der Waals surface area contributed by atoms with Crippen LogP contribution in [-0.4, -0.2) is 50.1 Å². The van der Waals surface area contributed by atoms with E-state index >= 15 is 0 Å². The summed E-state index contributed by atoms with van der Waals surface area (Å²) in [4.78, 5) is 6.86. The topological polar surface area (TPSA) is 39.7 Å². The molecule has 0 atom stereocenters. The molecule has 0 heterocycles. The first-order valence-electron chi connectivity index (χ1n) is 7.80. The number of aliphatic imine (C=N–C) groups is 1. The van der Waals surface area contributed by atoms with Gasteiger partial charge in [-0.2, -0.15) is 0 Å². The highest BCUT2D eigenvalue weighted by atomic mass is 35.5. The van der Waals surface area contributed by atoms with Gasteiger partial charge in [-0.3, -0.25) is 4.99 Å². The first-order valence-corrected chi connectivity index (χ1v) is 8.17. The summed E-state index contributed by atoms with van der Waals surface area (Å²) in [7, 11) is 4.15. The summed E-state index contributed by atoms with van der Waals surface area (Å²) in [6, 6.07) is 7.95. The fourth-order valence-electron chi connectivity index (χ4n) is 1.77. The predicted molar refractivity (Wildman–Crippen MR) is 96.9 cm³/mol. The minimum absolute atomic E-state index is 0.0328. The number of rotatable bonds is 7. The third kappa shape index (κ3) is 6.24. The van der Waals surface area contributed by atoms with Crippen LogP contribution in [0, 0.1) is 0 Å². The van der Waals surface area contributed by atoms with Crippen LogP contribution in [0.15, 0.2) is 29.3 Å². The van der Waals surface area contributed by atoms with E-state index < -0.39 is 0 Å². The van der Waals surface area contributed by atoms with Crippen LogP contribution in [0.4, 0.5) is 0 Å². The maximum atomic E-state index is 6.18. The monoisotopic (exact) mass is 324 g/mol. The molecule has 0 unspecified atom stereocenters. The van der Waals surface area contributed by atoms with Crippen molar-refractivity contribution in [3.05, 3.63) is 34.9 Å². The third-order valence-electron chi connectivity index (χ3n) is 3.82. The van der Waals surface area contributed by atoms with Gasteiger partial charge in [-0.25, -0.2) is 0 Å². The summed E-state index contributed by atoms with van der Waals surface area (Å²) in [5.74, 6) is 0.851. The molecule has 0 aliphatic rings. The van der Waals surface area contributed by atoms with Gasteiger partial charge in [-0.15, -0.1) is 0 Å². The largest absolute Gasteiger partial charge is 0.357 e. The second-order valence-corrected chi connectivity index (χ2v) is 6.58. The SMILES string of the molecule is CCNC(=NCC(C)(C)N(C)C)NCCc1ccccc1Cl. The molecular formula is C17H29ClN4. The van der Waals surface area contributed by atoms with Gasteiger partial charge < -0.3 is 15.5 Å². The lowest BCUT2D eigenvalue weighted by atomic mass is 10.1. The van der Waals surface area contributed by atoms with Crippen molar-refractivity contribution >= 4 is 17.6 Å². The Morgan fingerprint density at radius 2 is 1.91 bits per heavy atom. The first-order chi connectivity index (χ1) is 10.4. The number of benzene rings is 1. The number of halogens is 1. The van der Waals surface area contributed by atoms with Crippen LogP contribution < -0.4 is 10.6 Å². The second kappa shape index (κ2) is 9.01. The highest BCUT2D eigenvalue weighted by Crippen LogP contribution is 2.14. The van der Waals surface area contributed by atoms with Gasteiger partial charge in [-0.1, -0.05) is 29.8 Å². The Labute approximate surface area is 140 Å². The van der Waals surface area contributed by atoms with E-state index in [2.05, 4.69) is 61.5 Å². The van der Waals surface area contributed by atoms with Crippen molar-refractivity contribution in [1.82, 2.24) is 15.5 Å². The Morgan fingerprint density at radius 1 is 1.23 bits per heavy atom. The summed E-state index contributed by atoms with van der Waals surface area (Å²) in [6.45, 7) is 8.83. The molecular weight excluding hydrogens is 296 g/mol. The van der Waals surface area contributed by atoms with Crippen molar-refractivity contribution in [1.29, 1.82) is 0 Å². The Kier molecular flexibility index (Phi) is 7.69. The molecule has 0 bridgehead atoms. The fourth-order valence-corrected chi connectivity index (χ4v) is 2.00. The Hall–Kier alpha value is -1.26. The zero-order valence-corrected chi connectivity index (χ0v) is 15.2. The third-order valence-corrected chi connectivity index (χ3v) is 4.19. The lowest BCUT2D eigenvalue weighted by Gasteiger charge is -2.31. The van der Waals surface area contributed by atoms with E-state index in [1.54, 1.807) is 0 Å². The maximum Gasteiger partial charge on any atom is 0.191 e. The molecule has 0 saturated carbocycles. The highest BCUT2D eigenvalue weighted by molar-refractivity contribution is 6.31. The van der Waals surface area contributed by atoms with Crippen LogP contribution in [0.5, 0.6) is 0 Å².